The van der Waals surface area contributed by atoms with E-state index in [2.05, 4.69) is 4.57 Å². The van der Waals surface area contributed by atoms with E-state index in [-0.39, 0.29) is 6.61 Å². The lowest BCUT2D eigenvalue weighted by atomic mass is 9.99. The van der Waals surface area contributed by atoms with Crippen molar-refractivity contribution in [3.05, 3.63) is 29.5 Å². The third-order valence-electron chi connectivity index (χ3n) is 4.53. The van der Waals surface area contributed by atoms with Gasteiger partial charge in [-0.15, -0.1) is 0 Å². The zero-order chi connectivity index (χ0) is 14.8. The molecule has 0 amide bonds. The van der Waals surface area contributed by atoms with Gasteiger partial charge in [-0.05, 0) is 37.0 Å². The minimum absolute atomic E-state index is 0.0772. The molecule has 0 spiro atoms. The second kappa shape index (κ2) is 5.90. The van der Waals surface area contributed by atoms with Crippen LogP contribution in [0, 0.1) is 0 Å². The lowest BCUT2D eigenvalue weighted by molar-refractivity contribution is 0.112. The van der Waals surface area contributed by atoms with Crippen LogP contribution in [0.15, 0.2) is 18.2 Å². The van der Waals surface area contributed by atoms with Gasteiger partial charge in [0.25, 0.3) is 0 Å². The van der Waals surface area contributed by atoms with E-state index < -0.39 is 0 Å². The summed E-state index contributed by atoms with van der Waals surface area (Å²) in [6.45, 7) is 0.607. The highest BCUT2D eigenvalue weighted by atomic mass is 16.5. The minimum Gasteiger partial charge on any atom is -0.497 e. The molecule has 0 aliphatic heterocycles. The normalized spacial score (nSPS) is 15.7. The molecule has 3 rings (SSSR count). The number of nitrogens with zero attached hydrogens (tertiary/aromatic N) is 1. The van der Waals surface area contributed by atoms with Gasteiger partial charge in [-0.2, -0.15) is 0 Å². The van der Waals surface area contributed by atoms with Crippen LogP contribution in [0.2, 0.25) is 0 Å². The molecule has 0 saturated heterocycles. The predicted octanol–water partition coefficient (Wildman–Crippen LogP) is 3.11. The van der Waals surface area contributed by atoms with E-state index in [1.807, 2.05) is 18.2 Å². The molecule has 1 aromatic carbocycles. The van der Waals surface area contributed by atoms with Crippen molar-refractivity contribution in [3.63, 3.8) is 0 Å². The van der Waals surface area contributed by atoms with Crippen molar-refractivity contribution < 1.29 is 14.6 Å². The molecule has 0 atom stereocenters. The summed E-state index contributed by atoms with van der Waals surface area (Å²) < 4.78 is 7.40. The van der Waals surface area contributed by atoms with Gasteiger partial charge in [-0.25, -0.2) is 0 Å². The summed E-state index contributed by atoms with van der Waals surface area (Å²) in [5.74, 6) is 1.18. The van der Waals surface area contributed by atoms with E-state index >= 15 is 0 Å². The standard InChI is InChI=1S/C17H21NO3/c1-21-13-6-7-16-14(10-13)15(11-20)17(18(16)8-9-19)12-4-2-3-5-12/h6-7,10-12,19H,2-5,8-9H2,1H3. The first-order valence-electron chi connectivity index (χ1n) is 7.56. The van der Waals surface area contributed by atoms with E-state index in [0.717, 1.165) is 47.0 Å². The summed E-state index contributed by atoms with van der Waals surface area (Å²) in [4.78, 5) is 11.7. The maximum absolute atomic E-state index is 11.7. The van der Waals surface area contributed by atoms with Crippen molar-refractivity contribution >= 4 is 17.2 Å². The van der Waals surface area contributed by atoms with Gasteiger partial charge in [0.2, 0.25) is 0 Å². The average Bonchev–Trinajstić information content (AvgIpc) is 3.13. The predicted molar refractivity (Wildman–Crippen MR) is 82.2 cm³/mol. The second-order valence-electron chi connectivity index (χ2n) is 5.66. The molecular weight excluding hydrogens is 266 g/mol. The molecule has 1 aromatic heterocycles. The molecule has 0 radical (unpaired) electrons. The largest absolute Gasteiger partial charge is 0.497 e. The highest BCUT2D eigenvalue weighted by molar-refractivity contribution is 6.00. The zero-order valence-electron chi connectivity index (χ0n) is 12.3. The molecule has 0 bridgehead atoms. The number of ether oxygens (including phenoxy) is 1. The summed E-state index contributed by atoms with van der Waals surface area (Å²) in [5.41, 5.74) is 2.87. The third kappa shape index (κ3) is 2.33. The van der Waals surface area contributed by atoms with E-state index in [0.29, 0.717) is 12.5 Å². The van der Waals surface area contributed by atoms with Gasteiger partial charge in [0.1, 0.15) is 5.75 Å². The Balaban J connectivity index is 2.26. The summed E-state index contributed by atoms with van der Waals surface area (Å²) in [6, 6.07) is 5.81. The monoisotopic (exact) mass is 287 g/mol. The molecule has 4 heteroatoms. The Morgan fingerprint density at radius 3 is 2.76 bits per heavy atom. The van der Waals surface area contributed by atoms with Crippen molar-refractivity contribution in [3.8, 4) is 5.75 Å². The summed E-state index contributed by atoms with van der Waals surface area (Å²) >= 11 is 0. The van der Waals surface area contributed by atoms with Gasteiger partial charge in [-0.1, -0.05) is 12.8 Å². The topological polar surface area (TPSA) is 51.5 Å². The molecule has 1 aliphatic carbocycles. The SMILES string of the molecule is COc1ccc2c(c1)c(C=O)c(C1CCCC1)n2CCO. The Hall–Kier alpha value is -1.81. The van der Waals surface area contributed by atoms with Gasteiger partial charge < -0.3 is 14.4 Å². The molecule has 1 heterocycles. The van der Waals surface area contributed by atoms with Crippen molar-refractivity contribution in [2.24, 2.45) is 0 Å². The molecule has 0 unspecified atom stereocenters. The number of fused-ring (bicyclic) bond motifs is 1. The maximum atomic E-state index is 11.7. The number of methoxy groups -OCH3 is 1. The van der Waals surface area contributed by atoms with Gasteiger partial charge in [-0.3, -0.25) is 4.79 Å². The number of carbonyl (C=O) groups excluding carboxylic acids is 1. The number of rotatable bonds is 5. The number of aliphatic hydroxyl groups excluding tert-OH is 1. The van der Waals surface area contributed by atoms with Crippen LogP contribution >= 0.6 is 0 Å². The Kier molecular flexibility index (Phi) is 3.97. The Bertz CT molecular complexity index is 654. The quantitative estimate of drug-likeness (QED) is 0.860. The van der Waals surface area contributed by atoms with Crippen LogP contribution in [0.5, 0.6) is 5.75 Å². The molecular formula is C17H21NO3. The van der Waals surface area contributed by atoms with Crippen LogP contribution in [0.4, 0.5) is 0 Å². The summed E-state index contributed by atoms with van der Waals surface area (Å²) in [7, 11) is 1.63. The van der Waals surface area contributed by atoms with Crippen molar-refractivity contribution in [1.29, 1.82) is 0 Å². The zero-order valence-corrected chi connectivity index (χ0v) is 12.3. The van der Waals surface area contributed by atoms with Crippen LogP contribution in [0.25, 0.3) is 10.9 Å². The van der Waals surface area contributed by atoms with E-state index in [1.165, 1.54) is 12.8 Å². The first-order chi connectivity index (χ1) is 10.3. The van der Waals surface area contributed by atoms with E-state index in [4.69, 9.17) is 4.74 Å². The number of aldehydes is 1. The Labute approximate surface area is 124 Å². The average molecular weight is 287 g/mol. The fourth-order valence-corrected chi connectivity index (χ4v) is 3.61. The number of aromatic nitrogens is 1. The number of aliphatic hydroxyl groups is 1. The van der Waals surface area contributed by atoms with Gasteiger partial charge in [0.05, 0.1) is 13.7 Å². The second-order valence-corrected chi connectivity index (χ2v) is 5.66. The molecule has 1 N–H and O–H groups in total. The first kappa shape index (κ1) is 14.1. The van der Waals surface area contributed by atoms with Crippen LogP contribution in [0.1, 0.15) is 47.7 Å². The van der Waals surface area contributed by atoms with Crippen LogP contribution < -0.4 is 4.74 Å². The highest BCUT2D eigenvalue weighted by Gasteiger charge is 2.26. The van der Waals surface area contributed by atoms with Gasteiger partial charge >= 0.3 is 0 Å². The first-order valence-corrected chi connectivity index (χ1v) is 7.56. The lowest BCUT2D eigenvalue weighted by Gasteiger charge is -2.15. The third-order valence-corrected chi connectivity index (χ3v) is 4.53. The van der Waals surface area contributed by atoms with E-state index in [1.54, 1.807) is 7.11 Å². The highest BCUT2D eigenvalue weighted by Crippen LogP contribution is 2.40. The number of hydrogen-bond acceptors (Lipinski definition) is 3. The molecule has 112 valence electrons. The van der Waals surface area contributed by atoms with E-state index in [9.17, 15) is 9.90 Å². The van der Waals surface area contributed by atoms with Crippen LogP contribution in [-0.2, 0) is 6.54 Å². The summed E-state index contributed by atoms with van der Waals surface area (Å²) in [6.07, 6.45) is 5.64. The fourth-order valence-electron chi connectivity index (χ4n) is 3.61. The molecule has 1 saturated carbocycles. The Morgan fingerprint density at radius 1 is 1.38 bits per heavy atom. The molecule has 21 heavy (non-hydrogen) atoms. The Morgan fingerprint density at radius 2 is 2.14 bits per heavy atom. The van der Waals surface area contributed by atoms with Crippen molar-refractivity contribution in [2.45, 2.75) is 38.1 Å². The maximum Gasteiger partial charge on any atom is 0.152 e. The van der Waals surface area contributed by atoms with Gasteiger partial charge in [0, 0.05) is 28.7 Å². The number of benzene rings is 1. The van der Waals surface area contributed by atoms with Crippen LogP contribution in [0.3, 0.4) is 0 Å². The number of carbonyl (C=O) groups is 1. The van der Waals surface area contributed by atoms with Crippen LogP contribution in [-0.4, -0.2) is 29.7 Å². The molecule has 4 nitrogen and oxygen atoms in total. The van der Waals surface area contributed by atoms with Crippen molar-refractivity contribution in [1.82, 2.24) is 4.57 Å². The minimum atomic E-state index is 0.0772. The van der Waals surface area contributed by atoms with Gasteiger partial charge in [0.15, 0.2) is 6.29 Å². The lowest BCUT2D eigenvalue weighted by Crippen LogP contribution is -2.10. The van der Waals surface area contributed by atoms with Crippen molar-refractivity contribution in [2.75, 3.05) is 13.7 Å². The molecule has 1 aliphatic rings. The number of hydrogen-bond donors (Lipinski definition) is 1. The molecule has 2 aromatic rings. The smallest absolute Gasteiger partial charge is 0.152 e. The summed E-state index contributed by atoms with van der Waals surface area (Å²) in [5, 5.41) is 10.3. The fraction of sp³-hybridized carbons (Fsp3) is 0.471. The molecule has 1 fully saturated rings.